The van der Waals surface area contributed by atoms with Gasteiger partial charge in [0.1, 0.15) is 5.82 Å². The number of thiol groups is 1. The largest absolute Gasteiger partial charge is 0.384 e. The van der Waals surface area contributed by atoms with E-state index < -0.39 is 0 Å². The van der Waals surface area contributed by atoms with E-state index in [2.05, 4.69) is 17.6 Å². The number of nitrogens with two attached hydrogens (primary N) is 1. The molecule has 1 radical (unpaired) electrons. The fourth-order valence-corrected chi connectivity index (χ4v) is 0.737. The first kappa shape index (κ1) is 10.6. The Morgan fingerprint density at radius 1 is 1.60 bits per heavy atom. The first-order valence-electron chi connectivity index (χ1n) is 2.30. The summed E-state index contributed by atoms with van der Waals surface area (Å²) in [4.78, 5) is 4.39. The maximum Gasteiger partial charge on any atom is 0.124 e. The SMILES string of the molecule is Nc1cc(S)c(Cl)cn1.[Na]. The molecule has 1 heterocycles. The number of hydrogen-bond acceptors (Lipinski definition) is 3. The number of aromatic nitrogens is 1. The molecule has 0 amide bonds. The van der Waals surface area contributed by atoms with Crippen LogP contribution < -0.4 is 5.73 Å². The van der Waals surface area contributed by atoms with Gasteiger partial charge in [-0.3, -0.25) is 0 Å². The van der Waals surface area contributed by atoms with E-state index in [1.165, 1.54) is 6.20 Å². The van der Waals surface area contributed by atoms with Gasteiger partial charge in [0, 0.05) is 40.6 Å². The zero-order chi connectivity index (χ0) is 6.85. The zero-order valence-corrected chi connectivity index (χ0v) is 9.15. The standard InChI is InChI=1S/C5H5ClN2S.Na/c6-3-2-8-5(7)1-4(3)9;/h1-2H,(H3,7,8,9);. The van der Waals surface area contributed by atoms with Crippen LogP contribution in [0.2, 0.25) is 5.02 Å². The topological polar surface area (TPSA) is 38.9 Å². The normalized spacial score (nSPS) is 8.60. The number of nitrogens with zero attached hydrogens (tertiary/aromatic N) is 1. The molecule has 0 aliphatic rings. The molecule has 0 bridgehead atoms. The maximum atomic E-state index is 5.59. The van der Waals surface area contributed by atoms with Crippen molar-refractivity contribution >= 4 is 59.6 Å². The predicted octanol–water partition coefficient (Wildman–Crippen LogP) is 1.23. The van der Waals surface area contributed by atoms with Crippen molar-refractivity contribution in [1.29, 1.82) is 0 Å². The molecule has 2 N–H and O–H groups in total. The summed E-state index contributed by atoms with van der Waals surface area (Å²) in [5.74, 6) is 0.435. The molecule has 5 heteroatoms. The Labute approximate surface area is 91.9 Å². The quantitative estimate of drug-likeness (QED) is 0.469. The van der Waals surface area contributed by atoms with Crippen LogP contribution in [-0.4, -0.2) is 34.5 Å². The van der Waals surface area contributed by atoms with Crippen molar-refractivity contribution in [2.24, 2.45) is 0 Å². The summed E-state index contributed by atoms with van der Waals surface area (Å²) in [6, 6.07) is 1.60. The minimum atomic E-state index is 0. The summed E-state index contributed by atoms with van der Waals surface area (Å²) < 4.78 is 0. The molecule has 0 spiro atoms. The van der Waals surface area contributed by atoms with E-state index in [9.17, 15) is 0 Å². The summed E-state index contributed by atoms with van der Waals surface area (Å²) >= 11 is 9.60. The van der Waals surface area contributed by atoms with E-state index in [0.29, 0.717) is 15.7 Å². The summed E-state index contributed by atoms with van der Waals surface area (Å²) in [5.41, 5.74) is 5.31. The van der Waals surface area contributed by atoms with Gasteiger partial charge in [0.25, 0.3) is 0 Å². The third-order valence-electron chi connectivity index (χ3n) is 0.856. The van der Waals surface area contributed by atoms with Gasteiger partial charge in [-0.25, -0.2) is 4.98 Å². The second-order valence-electron chi connectivity index (χ2n) is 1.56. The Morgan fingerprint density at radius 3 is 2.60 bits per heavy atom. The summed E-state index contributed by atoms with van der Waals surface area (Å²) in [7, 11) is 0. The molecule has 0 fully saturated rings. The van der Waals surface area contributed by atoms with Gasteiger partial charge in [0.05, 0.1) is 5.02 Å². The summed E-state index contributed by atoms with van der Waals surface area (Å²) in [6.07, 6.45) is 1.47. The monoisotopic (exact) mass is 183 g/mol. The number of anilines is 1. The van der Waals surface area contributed by atoms with Gasteiger partial charge in [-0.2, -0.15) is 0 Å². The van der Waals surface area contributed by atoms with Gasteiger partial charge >= 0.3 is 0 Å². The number of halogens is 1. The molecule has 0 unspecified atom stereocenters. The van der Waals surface area contributed by atoms with Crippen molar-refractivity contribution in [2.75, 3.05) is 5.73 Å². The molecule has 0 aromatic carbocycles. The van der Waals surface area contributed by atoms with Crippen molar-refractivity contribution in [2.45, 2.75) is 4.90 Å². The van der Waals surface area contributed by atoms with Crippen LogP contribution in [0.1, 0.15) is 0 Å². The van der Waals surface area contributed by atoms with Crippen LogP contribution in [0.4, 0.5) is 5.82 Å². The van der Waals surface area contributed by atoms with Gasteiger partial charge in [0.2, 0.25) is 0 Å². The molecule has 1 aromatic rings. The minimum absolute atomic E-state index is 0. The summed E-state index contributed by atoms with van der Waals surface area (Å²) in [5, 5.41) is 0.521. The first-order chi connectivity index (χ1) is 4.20. The van der Waals surface area contributed by atoms with Crippen molar-refractivity contribution in [1.82, 2.24) is 4.98 Å². The molecular formula is C5H5ClN2NaS. The number of rotatable bonds is 0. The van der Waals surface area contributed by atoms with Crippen molar-refractivity contribution < 1.29 is 0 Å². The van der Waals surface area contributed by atoms with Crippen LogP contribution in [0, 0.1) is 0 Å². The van der Waals surface area contributed by atoms with Crippen molar-refractivity contribution in [3.05, 3.63) is 17.3 Å². The van der Waals surface area contributed by atoms with Gasteiger partial charge in [-0.05, 0) is 6.07 Å². The fourth-order valence-electron chi connectivity index (χ4n) is 0.444. The van der Waals surface area contributed by atoms with Gasteiger partial charge in [0.15, 0.2) is 0 Å². The van der Waals surface area contributed by atoms with Crippen LogP contribution >= 0.6 is 24.2 Å². The Hall–Kier alpha value is 0.590. The minimum Gasteiger partial charge on any atom is -0.384 e. The smallest absolute Gasteiger partial charge is 0.124 e. The second kappa shape index (κ2) is 4.46. The van der Waals surface area contributed by atoms with E-state index in [1.807, 2.05) is 0 Å². The Morgan fingerprint density at radius 2 is 2.20 bits per heavy atom. The van der Waals surface area contributed by atoms with Gasteiger partial charge in [-0.1, -0.05) is 11.6 Å². The van der Waals surface area contributed by atoms with E-state index in [1.54, 1.807) is 6.07 Å². The number of pyridine rings is 1. The molecule has 1 rings (SSSR count). The maximum absolute atomic E-state index is 5.59. The summed E-state index contributed by atoms with van der Waals surface area (Å²) in [6.45, 7) is 0. The first-order valence-corrected chi connectivity index (χ1v) is 3.12. The third kappa shape index (κ3) is 2.68. The molecule has 0 atom stereocenters. The Bertz CT molecular complexity index is 231. The average Bonchev–Trinajstić information content (AvgIpc) is 1.80. The van der Waals surface area contributed by atoms with E-state index in [-0.39, 0.29) is 29.6 Å². The van der Waals surface area contributed by atoms with Crippen LogP contribution in [0.5, 0.6) is 0 Å². The van der Waals surface area contributed by atoms with Crippen LogP contribution in [-0.2, 0) is 0 Å². The van der Waals surface area contributed by atoms with Crippen LogP contribution in [0.25, 0.3) is 0 Å². The fraction of sp³-hybridized carbons (Fsp3) is 0. The van der Waals surface area contributed by atoms with E-state index in [0.717, 1.165) is 0 Å². The van der Waals surface area contributed by atoms with E-state index >= 15 is 0 Å². The van der Waals surface area contributed by atoms with Gasteiger partial charge in [-0.15, -0.1) is 12.6 Å². The second-order valence-corrected chi connectivity index (χ2v) is 2.45. The van der Waals surface area contributed by atoms with Gasteiger partial charge < -0.3 is 5.73 Å². The molecule has 1 aromatic heterocycles. The molecule has 0 saturated carbocycles. The number of nitrogen functional groups attached to an aromatic ring is 1. The third-order valence-corrected chi connectivity index (χ3v) is 1.66. The average molecular weight is 184 g/mol. The Balaban J connectivity index is 0.000000810. The van der Waals surface area contributed by atoms with Crippen molar-refractivity contribution in [3.8, 4) is 0 Å². The molecule has 2 nitrogen and oxygen atoms in total. The predicted molar refractivity (Wildman–Crippen MR) is 46.7 cm³/mol. The molecule has 0 aliphatic heterocycles. The number of hydrogen-bond donors (Lipinski definition) is 2. The molecule has 0 aliphatic carbocycles. The Kier molecular flexibility index (Phi) is 4.73. The molecule has 49 valence electrons. The molecular weight excluding hydrogens is 179 g/mol. The van der Waals surface area contributed by atoms with Crippen LogP contribution in [0.15, 0.2) is 17.2 Å². The van der Waals surface area contributed by atoms with E-state index in [4.69, 9.17) is 17.3 Å². The van der Waals surface area contributed by atoms with Crippen molar-refractivity contribution in [3.63, 3.8) is 0 Å². The molecule has 10 heavy (non-hydrogen) atoms. The molecule has 0 saturated heterocycles. The van der Waals surface area contributed by atoms with Crippen LogP contribution in [0.3, 0.4) is 0 Å². The zero-order valence-electron chi connectivity index (χ0n) is 5.50.